The second kappa shape index (κ2) is 8.27. The van der Waals surface area contributed by atoms with Crippen molar-refractivity contribution in [3.63, 3.8) is 0 Å². The third-order valence-electron chi connectivity index (χ3n) is 3.80. The molecule has 2 aromatic carbocycles. The lowest BCUT2D eigenvalue weighted by atomic mass is 10.2. The van der Waals surface area contributed by atoms with Crippen LogP contribution in [0.3, 0.4) is 0 Å². The first-order valence-corrected chi connectivity index (χ1v) is 8.33. The Balaban J connectivity index is 1.69. The number of anilines is 2. The summed E-state index contributed by atoms with van der Waals surface area (Å²) in [6, 6.07) is 14.7. The van der Waals surface area contributed by atoms with E-state index in [0.29, 0.717) is 23.9 Å². The molecule has 138 valence electrons. The molecule has 0 spiro atoms. The quantitative estimate of drug-likeness (QED) is 0.694. The molecule has 0 aliphatic carbocycles. The number of nitrogens with one attached hydrogen (secondary N) is 2. The first kappa shape index (κ1) is 18.3. The molecule has 1 amide bonds. The smallest absolute Gasteiger partial charge is 0.274 e. The summed E-state index contributed by atoms with van der Waals surface area (Å²) >= 11 is 0. The van der Waals surface area contributed by atoms with Crippen molar-refractivity contribution in [1.82, 2.24) is 9.97 Å². The van der Waals surface area contributed by atoms with E-state index in [4.69, 9.17) is 4.74 Å². The molecule has 1 aromatic heterocycles. The molecule has 3 rings (SSSR count). The van der Waals surface area contributed by atoms with E-state index in [9.17, 15) is 9.18 Å². The number of carbonyl (C=O) groups excluding carboxylic acids is 1. The van der Waals surface area contributed by atoms with Crippen molar-refractivity contribution in [1.29, 1.82) is 0 Å². The number of rotatable bonds is 6. The maximum Gasteiger partial charge on any atom is 0.274 e. The van der Waals surface area contributed by atoms with Crippen molar-refractivity contribution in [3.05, 3.63) is 77.4 Å². The molecule has 0 radical (unpaired) electrons. The lowest BCUT2D eigenvalue weighted by Gasteiger charge is -2.09. The van der Waals surface area contributed by atoms with E-state index in [2.05, 4.69) is 20.6 Å². The van der Waals surface area contributed by atoms with Crippen LogP contribution in [0.25, 0.3) is 0 Å². The lowest BCUT2D eigenvalue weighted by molar-refractivity contribution is 0.102. The second-order valence-electron chi connectivity index (χ2n) is 5.88. The van der Waals surface area contributed by atoms with Gasteiger partial charge in [-0.15, -0.1) is 0 Å². The van der Waals surface area contributed by atoms with Gasteiger partial charge in [0, 0.05) is 17.9 Å². The van der Waals surface area contributed by atoms with E-state index >= 15 is 0 Å². The highest BCUT2D eigenvalue weighted by Gasteiger charge is 2.11. The molecule has 0 atom stereocenters. The Kier molecular flexibility index (Phi) is 5.61. The van der Waals surface area contributed by atoms with Crippen LogP contribution >= 0.6 is 0 Å². The Hall–Kier alpha value is -3.48. The minimum Gasteiger partial charge on any atom is -0.497 e. The van der Waals surface area contributed by atoms with Crippen molar-refractivity contribution in [3.8, 4) is 5.75 Å². The minimum absolute atomic E-state index is 0.226. The zero-order valence-electron chi connectivity index (χ0n) is 15.0. The molecule has 0 saturated heterocycles. The summed E-state index contributed by atoms with van der Waals surface area (Å²) in [6.07, 6.45) is 0. The van der Waals surface area contributed by atoms with Gasteiger partial charge in [-0.25, -0.2) is 14.4 Å². The van der Waals surface area contributed by atoms with Gasteiger partial charge in [-0.05, 0) is 55.0 Å². The number of amides is 1. The zero-order valence-corrected chi connectivity index (χ0v) is 15.0. The summed E-state index contributed by atoms with van der Waals surface area (Å²) in [4.78, 5) is 21.0. The summed E-state index contributed by atoms with van der Waals surface area (Å²) in [5, 5.41) is 5.80. The molecule has 27 heavy (non-hydrogen) atoms. The molecule has 1 heterocycles. The number of methoxy groups -OCH3 is 1. The molecule has 0 aliphatic heterocycles. The number of aryl methyl sites for hydroxylation is 1. The van der Waals surface area contributed by atoms with E-state index in [1.54, 1.807) is 20.1 Å². The molecule has 0 saturated carbocycles. The van der Waals surface area contributed by atoms with Crippen molar-refractivity contribution in [2.45, 2.75) is 13.5 Å². The number of nitrogens with zero attached hydrogens (tertiary/aromatic N) is 2. The number of carbonyl (C=O) groups is 1. The topological polar surface area (TPSA) is 76.1 Å². The van der Waals surface area contributed by atoms with Gasteiger partial charge in [0.2, 0.25) is 5.95 Å². The predicted octanol–water partition coefficient (Wildman–Crippen LogP) is 3.80. The predicted molar refractivity (Wildman–Crippen MR) is 101 cm³/mol. The second-order valence-corrected chi connectivity index (χ2v) is 5.88. The standard InChI is InChI=1S/C20H19FN4O2/c1-13-11-18(19(26)24-16-7-5-15(21)6-8-16)25-20(23-13)22-12-14-3-9-17(27-2)10-4-14/h3-11H,12H2,1-2H3,(H,24,26)(H,22,23,25). The SMILES string of the molecule is COc1ccc(CNc2nc(C)cc(C(=O)Nc3ccc(F)cc3)n2)cc1. The van der Waals surface area contributed by atoms with Crippen LogP contribution in [0, 0.1) is 12.7 Å². The maximum atomic E-state index is 13.0. The summed E-state index contributed by atoms with van der Waals surface area (Å²) < 4.78 is 18.1. The monoisotopic (exact) mass is 366 g/mol. The van der Waals surface area contributed by atoms with Crippen LogP contribution in [-0.4, -0.2) is 23.0 Å². The number of benzene rings is 2. The first-order chi connectivity index (χ1) is 13.0. The van der Waals surface area contributed by atoms with Crippen molar-refractivity contribution >= 4 is 17.5 Å². The van der Waals surface area contributed by atoms with Crippen LogP contribution in [0.5, 0.6) is 5.75 Å². The third kappa shape index (κ3) is 5.01. The van der Waals surface area contributed by atoms with E-state index in [0.717, 1.165) is 11.3 Å². The van der Waals surface area contributed by atoms with Gasteiger partial charge in [-0.1, -0.05) is 12.1 Å². The van der Waals surface area contributed by atoms with Crippen LogP contribution in [0.4, 0.5) is 16.0 Å². The Morgan fingerprint density at radius 2 is 1.78 bits per heavy atom. The van der Waals surface area contributed by atoms with Crippen LogP contribution in [0.1, 0.15) is 21.7 Å². The van der Waals surface area contributed by atoms with Crippen molar-refractivity contribution < 1.29 is 13.9 Å². The summed E-state index contributed by atoms with van der Waals surface area (Å²) in [7, 11) is 1.62. The van der Waals surface area contributed by atoms with Gasteiger partial charge < -0.3 is 15.4 Å². The van der Waals surface area contributed by atoms with E-state index in [1.807, 2.05) is 24.3 Å². The fourth-order valence-corrected chi connectivity index (χ4v) is 2.42. The van der Waals surface area contributed by atoms with Crippen LogP contribution in [-0.2, 0) is 6.54 Å². The van der Waals surface area contributed by atoms with Crippen molar-refractivity contribution in [2.24, 2.45) is 0 Å². The number of hydrogen-bond acceptors (Lipinski definition) is 5. The highest BCUT2D eigenvalue weighted by Crippen LogP contribution is 2.14. The van der Waals surface area contributed by atoms with Gasteiger partial charge in [0.15, 0.2) is 0 Å². The number of aromatic nitrogens is 2. The fourth-order valence-electron chi connectivity index (χ4n) is 2.42. The maximum absolute atomic E-state index is 13.0. The Labute approximate surface area is 156 Å². The molecular weight excluding hydrogens is 347 g/mol. The van der Waals surface area contributed by atoms with Crippen molar-refractivity contribution in [2.75, 3.05) is 17.7 Å². The Morgan fingerprint density at radius 3 is 2.44 bits per heavy atom. The normalized spacial score (nSPS) is 10.3. The molecule has 6 nitrogen and oxygen atoms in total. The molecule has 2 N–H and O–H groups in total. The molecule has 0 fully saturated rings. The van der Waals surface area contributed by atoms with E-state index in [-0.39, 0.29) is 17.4 Å². The minimum atomic E-state index is -0.389. The van der Waals surface area contributed by atoms with Gasteiger partial charge in [0.25, 0.3) is 5.91 Å². The Morgan fingerprint density at radius 1 is 1.07 bits per heavy atom. The molecule has 0 unspecified atom stereocenters. The van der Waals surface area contributed by atoms with Gasteiger partial charge in [0.05, 0.1) is 7.11 Å². The van der Waals surface area contributed by atoms with E-state index in [1.165, 1.54) is 24.3 Å². The molecule has 0 aliphatic rings. The van der Waals surface area contributed by atoms with E-state index < -0.39 is 0 Å². The summed E-state index contributed by atoms with van der Waals surface area (Å²) in [6.45, 7) is 2.29. The van der Waals surface area contributed by atoms with Gasteiger partial charge in [0.1, 0.15) is 17.3 Å². The van der Waals surface area contributed by atoms with Crippen LogP contribution in [0.2, 0.25) is 0 Å². The lowest BCUT2D eigenvalue weighted by Crippen LogP contribution is -2.16. The molecule has 3 aromatic rings. The fraction of sp³-hybridized carbons (Fsp3) is 0.150. The van der Waals surface area contributed by atoms with Crippen LogP contribution < -0.4 is 15.4 Å². The zero-order chi connectivity index (χ0) is 19.2. The summed E-state index contributed by atoms with van der Waals surface area (Å²) in [5.41, 5.74) is 2.40. The molecule has 7 heteroatoms. The molecule has 0 bridgehead atoms. The van der Waals surface area contributed by atoms with Gasteiger partial charge in [-0.3, -0.25) is 4.79 Å². The Bertz CT molecular complexity index is 928. The molecular formula is C20H19FN4O2. The third-order valence-corrected chi connectivity index (χ3v) is 3.80. The van der Waals surface area contributed by atoms with Crippen LogP contribution in [0.15, 0.2) is 54.6 Å². The highest BCUT2D eigenvalue weighted by atomic mass is 19.1. The average Bonchev–Trinajstić information content (AvgIpc) is 2.68. The largest absolute Gasteiger partial charge is 0.497 e. The number of hydrogen-bond donors (Lipinski definition) is 2. The first-order valence-electron chi connectivity index (χ1n) is 8.33. The summed E-state index contributed by atoms with van der Waals surface area (Å²) in [5.74, 6) is 0.385. The highest BCUT2D eigenvalue weighted by molar-refractivity contribution is 6.03. The number of halogens is 1. The van der Waals surface area contributed by atoms with Gasteiger partial charge in [-0.2, -0.15) is 0 Å². The average molecular weight is 366 g/mol. The number of ether oxygens (including phenoxy) is 1. The van der Waals surface area contributed by atoms with Gasteiger partial charge >= 0.3 is 0 Å².